The van der Waals surface area contributed by atoms with Crippen molar-refractivity contribution in [3.05, 3.63) is 101 Å². The van der Waals surface area contributed by atoms with E-state index in [0.717, 1.165) is 28.2 Å². The molecule has 5 nitrogen and oxygen atoms in total. The van der Waals surface area contributed by atoms with Gasteiger partial charge in [-0.1, -0.05) is 67.6 Å². The van der Waals surface area contributed by atoms with Crippen LogP contribution in [0.15, 0.2) is 72.8 Å². The van der Waals surface area contributed by atoms with E-state index in [4.69, 9.17) is 9.47 Å². The van der Waals surface area contributed by atoms with E-state index in [1.807, 2.05) is 48.5 Å². The fraction of sp³-hybridized carbons (Fsp3) is 0.259. The number of amides is 2. The topological polar surface area (TPSA) is 55.8 Å². The minimum absolute atomic E-state index is 0.0305. The van der Waals surface area contributed by atoms with Crippen molar-refractivity contribution in [3.63, 3.8) is 0 Å². The van der Waals surface area contributed by atoms with Crippen LogP contribution in [0.25, 0.3) is 0 Å². The highest BCUT2D eigenvalue weighted by molar-refractivity contribution is 5.94. The lowest BCUT2D eigenvalue weighted by Gasteiger charge is -2.23. The first-order valence-corrected chi connectivity index (χ1v) is 11.1. The number of halogens is 2. The number of benzene rings is 3. The summed E-state index contributed by atoms with van der Waals surface area (Å²) in [5, 5.41) is 0. The van der Waals surface area contributed by atoms with Crippen molar-refractivity contribution >= 4 is 12.0 Å². The Morgan fingerprint density at radius 1 is 1.00 bits per heavy atom. The van der Waals surface area contributed by atoms with Crippen molar-refractivity contribution in [2.45, 2.75) is 32.4 Å². The summed E-state index contributed by atoms with van der Waals surface area (Å²) in [7, 11) is 0. The van der Waals surface area contributed by atoms with E-state index in [1.54, 1.807) is 19.1 Å². The number of ether oxygens (including phenoxy) is 2. The third-order valence-electron chi connectivity index (χ3n) is 5.76. The van der Waals surface area contributed by atoms with Crippen LogP contribution in [-0.2, 0) is 29.0 Å². The Morgan fingerprint density at radius 3 is 2.21 bits per heavy atom. The van der Waals surface area contributed by atoms with Crippen LogP contribution in [0.5, 0.6) is 5.75 Å². The van der Waals surface area contributed by atoms with E-state index in [-0.39, 0.29) is 19.6 Å². The molecule has 3 aromatic carbocycles. The van der Waals surface area contributed by atoms with Crippen LogP contribution in [0.4, 0.5) is 13.6 Å². The summed E-state index contributed by atoms with van der Waals surface area (Å²) in [4.78, 5) is 26.5. The van der Waals surface area contributed by atoms with Gasteiger partial charge in [-0.25, -0.2) is 18.5 Å². The van der Waals surface area contributed by atoms with Gasteiger partial charge in [0.25, 0.3) is 0 Å². The highest BCUT2D eigenvalue weighted by atomic mass is 19.1. The highest BCUT2D eigenvalue weighted by Gasteiger charge is 2.39. The molecule has 0 bridgehead atoms. The number of cyclic esters (lactones) is 1. The lowest BCUT2D eigenvalue weighted by molar-refractivity contribution is -0.132. The SMILES string of the molecule is CC(Cc1cc(F)c(OCc2ccccc2)c(F)c1)C(=O)N1C(=O)OCC1Cc1ccccc1. The molecule has 176 valence electrons. The van der Waals surface area contributed by atoms with Gasteiger partial charge in [0.05, 0.1) is 6.04 Å². The molecule has 3 aromatic rings. The standard InChI is InChI=1S/C27H25F2NO4/c1-18(26(31)30-22(17-34-27(30)32)13-19-8-4-2-5-9-19)12-21-14-23(28)25(24(29)15-21)33-16-20-10-6-3-7-11-20/h2-11,14-15,18,22H,12-13,16-17H2,1H3. The van der Waals surface area contributed by atoms with Crippen LogP contribution in [0.1, 0.15) is 23.6 Å². The summed E-state index contributed by atoms with van der Waals surface area (Å²) in [6.45, 7) is 1.77. The number of carbonyl (C=O) groups is 2. The molecule has 2 amide bonds. The molecule has 1 aliphatic heterocycles. The Bertz CT molecular complexity index is 1130. The number of imide groups is 1. The van der Waals surface area contributed by atoms with Crippen LogP contribution in [0.3, 0.4) is 0 Å². The third-order valence-corrected chi connectivity index (χ3v) is 5.76. The molecule has 34 heavy (non-hydrogen) atoms. The van der Waals surface area contributed by atoms with Gasteiger partial charge in [0.1, 0.15) is 13.2 Å². The first-order valence-electron chi connectivity index (χ1n) is 11.1. The van der Waals surface area contributed by atoms with Crippen molar-refractivity contribution in [3.8, 4) is 5.75 Å². The average Bonchev–Trinajstić information content (AvgIpc) is 3.19. The maximum atomic E-state index is 14.6. The number of carbonyl (C=O) groups excluding carboxylic acids is 2. The largest absolute Gasteiger partial charge is 0.483 e. The van der Waals surface area contributed by atoms with E-state index in [1.165, 1.54) is 0 Å². The summed E-state index contributed by atoms with van der Waals surface area (Å²) in [5.74, 6) is -3.26. The zero-order valence-corrected chi connectivity index (χ0v) is 18.7. The second kappa shape index (κ2) is 10.5. The van der Waals surface area contributed by atoms with Gasteiger partial charge in [-0.05, 0) is 41.7 Å². The van der Waals surface area contributed by atoms with Crippen LogP contribution in [-0.4, -0.2) is 29.5 Å². The zero-order valence-electron chi connectivity index (χ0n) is 18.7. The molecule has 1 fully saturated rings. The molecule has 1 aliphatic rings. The lowest BCUT2D eigenvalue weighted by Crippen LogP contribution is -2.43. The second-order valence-corrected chi connectivity index (χ2v) is 8.40. The van der Waals surface area contributed by atoms with Crippen molar-refractivity contribution in [2.75, 3.05) is 6.61 Å². The van der Waals surface area contributed by atoms with Crippen molar-refractivity contribution in [1.82, 2.24) is 4.90 Å². The predicted octanol–water partition coefficient (Wildman–Crippen LogP) is 5.31. The van der Waals surface area contributed by atoms with Crippen LogP contribution < -0.4 is 4.74 Å². The summed E-state index contributed by atoms with van der Waals surface area (Å²) in [6, 6.07) is 20.5. The van der Waals surface area contributed by atoms with Gasteiger partial charge in [-0.15, -0.1) is 0 Å². The summed E-state index contributed by atoms with van der Waals surface area (Å²) in [6.07, 6.45) is -0.158. The molecule has 1 saturated heterocycles. The molecule has 7 heteroatoms. The third kappa shape index (κ3) is 5.42. The smallest absolute Gasteiger partial charge is 0.416 e. The molecule has 2 unspecified atom stereocenters. The Morgan fingerprint density at radius 2 is 1.59 bits per heavy atom. The normalized spacial score (nSPS) is 16.3. The molecule has 0 saturated carbocycles. The molecule has 2 atom stereocenters. The maximum absolute atomic E-state index is 14.6. The monoisotopic (exact) mass is 465 g/mol. The fourth-order valence-corrected chi connectivity index (χ4v) is 4.04. The second-order valence-electron chi connectivity index (χ2n) is 8.40. The minimum atomic E-state index is -0.840. The molecule has 0 spiro atoms. The molecule has 0 aromatic heterocycles. The highest BCUT2D eigenvalue weighted by Crippen LogP contribution is 2.27. The van der Waals surface area contributed by atoms with Crippen LogP contribution in [0, 0.1) is 17.6 Å². The average molecular weight is 465 g/mol. The van der Waals surface area contributed by atoms with Crippen molar-refractivity contribution in [2.24, 2.45) is 5.92 Å². The molecular weight excluding hydrogens is 440 g/mol. The van der Waals surface area contributed by atoms with Gasteiger partial charge < -0.3 is 9.47 Å². The van der Waals surface area contributed by atoms with Gasteiger partial charge >= 0.3 is 6.09 Å². The molecular formula is C27H25F2NO4. The van der Waals surface area contributed by atoms with E-state index in [9.17, 15) is 18.4 Å². The zero-order chi connectivity index (χ0) is 24.1. The quantitative estimate of drug-likeness (QED) is 0.452. The van der Waals surface area contributed by atoms with Gasteiger partial charge in [-0.3, -0.25) is 4.79 Å². The van der Waals surface area contributed by atoms with Gasteiger partial charge in [0.2, 0.25) is 5.91 Å². The predicted molar refractivity (Wildman–Crippen MR) is 122 cm³/mol. The Balaban J connectivity index is 1.42. The minimum Gasteiger partial charge on any atom is -0.483 e. The Hall–Kier alpha value is -3.74. The lowest BCUT2D eigenvalue weighted by atomic mass is 9.98. The first kappa shape index (κ1) is 23.4. The molecule has 0 radical (unpaired) electrons. The maximum Gasteiger partial charge on any atom is 0.416 e. The van der Waals surface area contributed by atoms with Crippen LogP contribution >= 0.6 is 0 Å². The molecule has 4 rings (SSSR count). The number of hydrogen-bond donors (Lipinski definition) is 0. The summed E-state index contributed by atoms with van der Waals surface area (Å²) >= 11 is 0. The van der Waals surface area contributed by atoms with Gasteiger partial charge in [0.15, 0.2) is 17.4 Å². The number of rotatable bonds is 8. The van der Waals surface area contributed by atoms with Gasteiger partial charge in [0, 0.05) is 5.92 Å². The van der Waals surface area contributed by atoms with E-state index in [2.05, 4.69) is 0 Å². The van der Waals surface area contributed by atoms with E-state index < -0.39 is 41.3 Å². The van der Waals surface area contributed by atoms with E-state index >= 15 is 0 Å². The number of nitrogens with zero attached hydrogens (tertiary/aromatic N) is 1. The van der Waals surface area contributed by atoms with E-state index in [0.29, 0.717) is 12.0 Å². The molecule has 1 heterocycles. The molecule has 0 N–H and O–H groups in total. The summed E-state index contributed by atoms with van der Waals surface area (Å²) in [5.41, 5.74) is 2.06. The van der Waals surface area contributed by atoms with Crippen LogP contribution in [0.2, 0.25) is 0 Å². The number of hydrogen-bond acceptors (Lipinski definition) is 4. The first-order chi connectivity index (χ1) is 16.4. The van der Waals surface area contributed by atoms with Crippen molar-refractivity contribution in [1.29, 1.82) is 0 Å². The Labute approximate surface area is 196 Å². The Kier molecular flexibility index (Phi) is 7.21. The fourth-order valence-electron chi connectivity index (χ4n) is 4.04. The molecule has 0 aliphatic carbocycles. The van der Waals surface area contributed by atoms with Gasteiger partial charge in [-0.2, -0.15) is 0 Å². The van der Waals surface area contributed by atoms with Crippen molar-refractivity contribution < 1.29 is 27.8 Å². The summed E-state index contributed by atoms with van der Waals surface area (Å²) < 4.78 is 39.7.